The molecule has 0 fully saturated rings. The van der Waals surface area contributed by atoms with E-state index >= 15 is 0 Å². The molecule has 7 heteroatoms. The second-order valence-corrected chi connectivity index (χ2v) is 9.61. The summed E-state index contributed by atoms with van der Waals surface area (Å²) >= 11 is 3.45. The fourth-order valence-electron chi connectivity index (χ4n) is 3.82. The van der Waals surface area contributed by atoms with Crippen molar-refractivity contribution >= 4 is 38.7 Å². The smallest absolute Gasteiger partial charge is 0.282 e. The van der Waals surface area contributed by atoms with E-state index in [0.29, 0.717) is 35.5 Å². The average Bonchev–Trinajstić information content (AvgIpc) is 2.83. The molecule has 0 saturated carbocycles. The molecule has 35 heavy (non-hydrogen) atoms. The molecule has 6 nitrogen and oxygen atoms in total. The number of aryl methyl sites for hydroxylation is 2. The molecule has 0 radical (unpaired) electrons. The number of fused-ring (bicyclic) bond motifs is 1. The Balaban J connectivity index is 1.74. The van der Waals surface area contributed by atoms with E-state index in [1.807, 2.05) is 61.5 Å². The summed E-state index contributed by atoms with van der Waals surface area (Å²) in [4.78, 5) is 20.1. The van der Waals surface area contributed by atoms with Gasteiger partial charge in [-0.2, -0.15) is 9.78 Å². The lowest BCUT2D eigenvalue weighted by atomic mass is 10.1. The van der Waals surface area contributed by atoms with Gasteiger partial charge in [0.1, 0.15) is 18.2 Å². The van der Waals surface area contributed by atoms with Crippen LogP contribution in [0.1, 0.15) is 35.9 Å². The number of hydrogen-bond donors (Lipinski definition) is 0. The lowest BCUT2D eigenvalue weighted by Gasteiger charge is -2.16. The lowest BCUT2D eigenvalue weighted by molar-refractivity contribution is 0.306. The Morgan fingerprint density at radius 3 is 2.69 bits per heavy atom. The molecule has 4 rings (SSSR count). The summed E-state index contributed by atoms with van der Waals surface area (Å²) in [5.41, 5.74) is 4.56. The van der Waals surface area contributed by atoms with Crippen molar-refractivity contribution < 1.29 is 4.74 Å². The summed E-state index contributed by atoms with van der Waals surface area (Å²) < 4.78 is 8.46. The minimum atomic E-state index is -0.192. The fraction of sp³-hybridized carbons (Fsp3) is 0.250. The molecule has 1 aromatic heterocycles. The third-order valence-corrected chi connectivity index (χ3v) is 6.14. The SMILES string of the molecule is CCCc1nc2ccc(Br)cc2c(=O)n1N=Cc1ccc(N(C)C)cc1OCc1cccc(C)c1. The summed E-state index contributed by atoms with van der Waals surface area (Å²) in [5.74, 6) is 1.33. The van der Waals surface area contributed by atoms with E-state index in [0.717, 1.165) is 27.7 Å². The molecule has 3 aromatic carbocycles. The number of anilines is 1. The van der Waals surface area contributed by atoms with Gasteiger partial charge in [0.15, 0.2) is 0 Å². The highest BCUT2D eigenvalue weighted by molar-refractivity contribution is 9.10. The molecule has 0 unspecified atom stereocenters. The van der Waals surface area contributed by atoms with Crippen LogP contribution in [0.15, 0.2) is 75.0 Å². The van der Waals surface area contributed by atoms with E-state index in [1.54, 1.807) is 12.3 Å². The van der Waals surface area contributed by atoms with Gasteiger partial charge in [-0.05, 0) is 49.2 Å². The van der Waals surface area contributed by atoms with E-state index in [-0.39, 0.29) is 5.56 Å². The molecule has 0 bridgehead atoms. The van der Waals surface area contributed by atoms with Crippen molar-refractivity contribution in [1.82, 2.24) is 9.66 Å². The van der Waals surface area contributed by atoms with E-state index in [4.69, 9.17) is 9.72 Å². The Bertz CT molecular complexity index is 1440. The Hall–Kier alpha value is -3.45. The van der Waals surface area contributed by atoms with E-state index in [1.165, 1.54) is 10.2 Å². The monoisotopic (exact) mass is 532 g/mol. The van der Waals surface area contributed by atoms with Crippen LogP contribution >= 0.6 is 15.9 Å². The first-order valence-electron chi connectivity index (χ1n) is 11.6. The molecule has 0 spiro atoms. The second kappa shape index (κ2) is 10.9. The van der Waals surface area contributed by atoms with Gasteiger partial charge < -0.3 is 9.64 Å². The highest BCUT2D eigenvalue weighted by Gasteiger charge is 2.12. The van der Waals surface area contributed by atoms with Gasteiger partial charge in [0.2, 0.25) is 0 Å². The van der Waals surface area contributed by atoms with Crippen LogP contribution in [-0.4, -0.2) is 30.0 Å². The summed E-state index contributed by atoms with van der Waals surface area (Å²) in [6, 6.07) is 19.7. The first kappa shape index (κ1) is 24.7. The maximum atomic E-state index is 13.3. The first-order chi connectivity index (χ1) is 16.9. The maximum absolute atomic E-state index is 13.3. The van der Waals surface area contributed by atoms with Crippen LogP contribution in [-0.2, 0) is 13.0 Å². The Morgan fingerprint density at radius 1 is 1.11 bits per heavy atom. The molecule has 180 valence electrons. The first-order valence-corrected chi connectivity index (χ1v) is 12.4. The van der Waals surface area contributed by atoms with Crippen molar-refractivity contribution in [3.63, 3.8) is 0 Å². The number of hydrogen-bond acceptors (Lipinski definition) is 5. The largest absolute Gasteiger partial charge is 0.488 e. The molecule has 0 aliphatic carbocycles. The minimum Gasteiger partial charge on any atom is -0.488 e. The van der Waals surface area contributed by atoms with Crippen LogP contribution in [0, 0.1) is 6.92 Å². The predicted octanol–water partition coefficient (Wildman–Crippen LogP) is 5.95. The molecule has 0 amide bonds. The minimum absolute atomic E-state index is 0.192. The normalized spacial score (nSPS) is 11.3. The zero-order chi connectivity index (χ0) is 24.9. The predicted molar refractivity (Wildman–Crippen MR) is 147 cm³/mol. The number of aromatic nitrogens is 2. The van der Waals surface area contributed by atoms with Crippen molar-refractivity contribution in [3.05, 3.63) is 98.0 Å². The molecular formula is C28H29BrN4O2. The van der Waals surface area contributed by atoms with Crippen LogP contribution < -0.4 is 15.2 Å². The molecule has 1 heterocycles. The Labute approximate surface area is 214 Å². The maximum Gasteiger partial charge on any atom is 0.282 e. The van der Waals surface area contributed by atoms with Gasteiger partial charge in [0.05, 0.1) is 17.1 Å². The van der Waals surface area contributed by atoms with Gasteiger partial charge in [-0.25, -0.2) is 4.98 Å². The van der Waals surface area contributed by atoms with Gasteiger partial charge in [0.25, 0.3) is 5.56 Å². The zero-order valence-corrected chi connectivity index (χ0v) is 22.0. The van der Waals surface area contributed by atoms with E-state index in [2.05, 4.69) is 47.0 Å². The summed E-state index contributed by atoms with van der Waals surface area (Å²) in [6.07, 6.45) is 3.18. The van der Waals surface area contributed by atoms with E-state index in [9.17, 15) is 4.79 Å². The third-order valence-electron chi connectivity index (χ3n) is 5.65. The van der Waals surface area contributed by atoms with Crippen LogP contribution in [0.5, 0.6) is 5.75 Å². The highest BCUT2D eigenvalue weighted by Crippen LogP contribution is 2.25. The van der Waals surface area contributed by atoms with Crippen LogP contribution in [0.3, 0.4) is 0 Å². The van der Waals surface area contributed by atoms with Crippen LogP contribution in [0.4, 0.5) is 5.69 Å². The zero-order valence-electron chi connectivity index (χ0n) is 20.5. The van der Waals surface area contributed by atoms with Crippen molar-refractivity contribution in [2.24, 2.45) is 5.10 Å². The average molecular weight is 533 g/mol. The van der Waals surface area contributed by atoms with Gasteiger partial charge in [0, 0.05) is 42.3 Å². The summed E-state index contributed by atoms with van der Waals surface area (Å²) in [7, 11) is 3.98. The third kappa shape index (κ3) is 5.80. The van der Waals surface area contributed by atoms with Gasteiger partial charge in [-0.1, -0.05) is 52.7 Å². The molecule has 0 aliphatic heterocycles. The number of ether oxygens (including phenoxy) is 1. The van der Waals surface area contributed by atoms with E-state index < -0.39 is 0 Å². The Morgan fingerprint density at radius 2 is 1.94 bits per heavy atom. The molecule has 4 aromatic rings. The van der Waals surface area contributed by atoms with Crippen molar-refractivity contribution in [2.45, 2.75) is 33.3 Å². The number of rotatable bonds is 8. The number of halogens is 1. The van der Waals surface area contributed by atoms with Crippen LogP contribution in [0.2, 0.25) is 0 Å². The van der Waals surface area contributed by atoms with Crippen molar-refractivity contribution in [1.29, 1.82) is 0 Å². The summed E-state index contributed by atoms with van der Waals surface area (Å²) in [5, 5.41) is 5.11. The molecular weight excluding hydrogens is 504 g/mol. The molecule has 0 N–H and O–H groups in total. The van der Waals surface area contributed by atoms with Gasteiger partial charge in [-0.15, -0.1) is 0 Å². The van der Waals surface area contributed by atoms with Crippen LogP contribution in [0.25, 0.3) is 10.9 Å². The quantitative estimate of drug-likeness (QED) is 0.263. The molecule has 0 aliphatic rings. The van der Waals surface area contributed by atoms with Crippen molar-refractivity contribution in [3.8, 4) is 5.75 Å². The second-order valence-electron chi connectivity index (χ2n) is 8.70. The summed E-state index contributed by atoms with van der Waals surface area (Å²) in [6.45, 7) is 4.56. The van der Waals surface area contributed by atoms with Gasteiger partial charge in [-0.3, -0.25) is 4.79 Å². The standard InChI is InChI=1S/C28H29BrN4O2/c1-5-7-27-31-25-13-11-22(29)15-24(25)28(34)33(27)30-17-21-10-12-23(32(3)4)16-26(21)35-18-20-9-6-8-19(2)14-20/h6,8-17H,5,7,18H2,1-4H3. The van der Waals surface area contributed by atoms with Crippen molar-refractivity contribution in [2.75, 3.05) is 19.0 Å². The number of nitrogens with zero attached hydrogens (tertiary/aromatic N) is 4. The topological polar surface area (TPSA) is 59.7 Å². The van der Waals surface area contributed by atoms with Gasteiger partial charge >= 0.3 is 0 Å². The fourth-order valence-corrected chi connectivity index (χ4v) is 4.18. The lowest BCUT2D eigenvalue weighted by Crippen LogP contribution is -2.22. The highest BCUT2D eigenvalue weighted by atomic mass is 79.9. The molecule has 0 saturated heterocycles. The molecule has 0 atom stereocenters. The number of benzene rings is 3. The Kier molecular flexibility index (Phi) is 7.66.